The largest absolute Gasteiger partial charge is 0.326 e. The lowest BCUT2D eigenvalue weighted by molar-refractivity contribution is -0.121. The van der Waals surface area contributed by atoms with Crippen molar-refractivity contribution in [2.75, 3.05) is 17.2 Å². The van der Waals surface area contributed by atoms with E-state index >= 15 is 0 Å². The van der Waals surface area contributed by atoms with Gasteiger partial charge in [0.15, 0.2) is 0 Å². The van der Waals surface area contributed by atoms with Crippen LogP contribution < -0.4 is 10.6 Å². The van der Waals surface area contributed by atoms with E-state index in [1.165, 1.54) is 11.8 Å². The van der Waals surface area contributed by atoms with Gasteiger partial charge in [-0.2, -0.15) is 0 Å². The van der Waals surface area contributed by atoms with E-state index in [2.05, 4.69) is 33.0 Å². The lowest BCUT2D eigenvalue weighted by Crippen LogP contribution is -2.41. The Kier molecular flexibility index (Phi) is 5.50. The molecule has 2 amide bonds. The van der Waals surface area contributed by atoms with Crippen molar-refractivity contribution in [3.63, 3.8) is 0 Å². The summed E-state index contributed by atoms with van der Waals surface area (Å²) in [4.78, 5) is 27.3. The van der Waals surface area contributed by atoms with Gasteiger partial charge in [0.2, 0.25) is 11.8 Å². The molecule has 0 spiro atoms. The molecule has 0 bridgehead atoms. The first-order chi connectivity index (χ1) is 12.0. The zero-order chi connectivity index (χ0) is 17.8. The number of carbonyl (C=O) groups excluding carboxylic acids is 2. The zero-order valence-electron chi connectivity index (χ0n) is 14.5. The number of thiophene rings is 1. The van der Waals surface area contributed by atoms with Crippen LogP contribution in [0.2, 0.25) is 0 Å². The van der Waals surface area contributed by atoms with Crippen LogP contribution in [0.5, 0.6) is 0 Å². The highest BCUT2D eigenvalue weighted by Crippen LogP contribution is 2.36. The molecule has 6 heteroatoms. The van der Waals surface area contributed by atoms with Gasteiger partial charge in [0.05, 0.1) is 6.04 Å². The van der Waals surface area contributed by atoms with E-state index in [1.54, 1.807) is 35.6 Å². The Morgan fingerprint density at radius 1 is 1.16 bits per heavy atom. The van der Waals surface area contributed by atoms with Crippen molar-refractivity contribution in [1.29, 1.82) is 0 Å². The number of nitrogens with zero attached hydrogens (tertiary/aromatic N) is 1. The molecule has 1 aromatic carbocycles. The number of anilines is 2. The number of amides is 2. The van der Waals surface area contributed by atoms with Crippen molar-refractivity contribution < 1.29 is 9.59 Å². The summed E-state index contributed by atoms with van der Waals surface area (Å²) in [5.41, 5.74) is 1.45. The molecule has 0 saturated carbocycles. The normalized spacial score (nSPS) is 18.7. The zero-order valence-corrected chi connectivity index (χ0v) is 15.3. The van der Waals surface area contributed by atoms with Gasteiger partial charge >= 0.3 is 0 Å². The highest BCUT2D eigenvalue weighted by molar-refractivity contribution is 7.10. The van der Waals surface area contributed by atoms with Crippen LogP contribution >= 0.6 is 11.3 Å². The number of nitrogens with one attached hydrogen (secondary N) is 2. The molecule has 1 aliphatic heterocycles. The number of rotatable bonds is 5. The summed E-state index contributed by atoms with van der Waals surface area (Å²) in [7, 11) is 0. The van der Waals surface area contributed by atoms with Gasteiger partial charge in [0.1, 0.15) is 0 Å². The smallest absolute Gasteiger partial charge is 0.241 e. The van der Waals surface area contributed by atoms with Crippen molar-refractivity contribution in [3.05, 3.63) is 46.7 Å². The maximum Gasteiger partial charge on any atom is 0.241 e. The maximum atomic E-state index is 12.7. The third-order valence-electron chi connectivity index (χ3n) is 4.52. The molecule has 5 nitrogen and oxygen atoms in total. The molecule has 1 fully saturated rings. The predicted octanol–water partition coefficient (Wildman–Crippen LogP) is 3.87. The van der Waals surface area contributed by atoms with Crippen LogP contribution in [0.3, 0.4) is 0 Å². The van der Waals surface area contributed by atoms with Gasteiger partial charge in [-0.15, -0.1) is 11.3 Å². The van der Waals surface area contributed by atoms with Crippen molar-refractivity contribution in [2.24, 2.45) is 0 Å². The number of hydrogen-bond donors (Lipinski definition) is 2. The van der Waals surface area contributed by atoms with E-state index in [4.69, 9.17) is 0 Å². The average Bonchev–Trinajstić information content (AvgIpc) is 3.26. The van der Waals surface area contributed by atoms with E-state index in [9.17, 15) is 9.59 Å². The summed E-state index contributed by atoms with van der Waals surface area (Å²) in [6.45, 7) is 4.38. The van der Waals surface area contributed by atoms with Crippen LogP contribution in [0.1, 0.15) is 37.6 Å². The molecular formula is C19H23N3O2S. The van der Waals surface area contributed by atoms with Crippen LogP contribution in [0.25, 0.3) is 0 Å². The summed E-state index contributed by atoms with van der Waals surface area (Å²) in [5, 5.41) is 7.78. The Labute approximate surface area is 152 Å². The maximum absolute atomic E-state index is 12.7. The molecule has 0 aliphatic carbocycles. The quantitative estimate of drug-likeness (QED) is 0.854. The topological polar surface area (TPSA) is 61.4 Å². The molecule has 25 heavy (non-hydrogen) atoms. The summed E-state index contributed by atoms with van der Waals surface area (Å²) in [5.74, 6) is -0.116. The second-order valence-electron chi connectivity index (χ2n) is 6.34. The highest BCUT2D eigenvalue weighted by Gasteiger charge is 2.33. The fourth-order valence-corrected chi connectivity index (χ4v) is 4.16. The minimum atomic E-state index is -0.190. The standard InChI is InChI=1S/C19H23N3O2S/c1-13(22-11-3-5-17(22)18-6-4-12-25-18)19(24)21-16-9-7-15(8-10-16)20-14(2)23/h4,6-10,12-13,17H,3,5,11H2,1-2H3,(H,20,23)(H,21,24)/t13-,17+/m0/s1. The van der Waals surface area contributed by atoms with E-state index in [0.717, 1.165) is 30.8 Å². The van der Waals surface area contributed by atoms with Crippen molar-refractivity contribution in [1.82, 2.24) is 4.90 Å². The number of likely N-dealkylation sites (tertiary alicyclic amines) is 1. The average molecular weight is 357 g/mol. The Bertz CT molecular complexity index is 728. The van der Waals surface area contributed by atoms with E-state index in [1.807, 2.05) is 6.92 Å². The number of carbonyl (C=O) groups is 2. The molecule has 1 aliphatic rings. The molecule has 132 valence electrons. The fourth-order valence-electron chi connectivity index (χ4n) is 3.28. The number of hydrogen-bond acceptors (Lipinski definition) is 4. The molecule has 2 atom stereocenters. The van der Waals surface area contributed by atoms with Crippen molar-refractivity contribution in [2.45, 2.75) is 38.8 Å². The van der Waals surface area contributed by atoms with Crippen LogP contribution in [0.4, 0.5) is 11.4 Å². The predicted molar refractivity (Wildman–Crippen MR) is 102 cm³/mol. The molecule has 0 radical (unpaired) electrons. The lowest BCUT2D eigenvalue weighted by Gasteiger charge is -2.29. The molecular weight excluding hydrogens is 334 g/mol. The molecule has 3 rings (SSSR count). The number of benzene rings is 1. The molecule has 1 saturated heterocycles. The minimum Gasteiger partial charge on any atom is -0.326 e. The molecule has 2 heterocycles. The molecule has 0 unspecified atom stereocenters. The summed E-state index contributed by atoms with van der Waals surface area (Å²) in [6.07, 6.45) is 2.22. The van der Waals surface area contributed by atoms with E-state index < -0.39 is 0 Å². The second-order valence-corrected chi connectivity index (χ2v) is 7.31. The first-order valence-electron chi connectivity index (χ1n) is 8.52. The monoisotopic (exact) mass is 357 g/mol. The van der Waals surface area contributed by atoms with Crippen LogP contribution in [0, 0.1) is 0 Å². The third-order valence-corrected chi connectivity index (χ3v) is 5.49. The van der Waals surface area contributed by atoms with Crippen LogP contribution in [-0.2, 0) is 9.59 Å². The fraction of sp³-hybridized carbons (Fsp3) is 0.368. The first kappa shape index (κ1) is 17.6. The Hall–Kier alpha value is -2.18. The third kappa shape index (κ3) is 4.27. The van der Waals surface area contributed by atoms with Crippen molar-refractivity contribution >= 4 is 34.5 Å². The lowest BCUT2D eigenvalue weighted by atomic mass is 10.1. The summed E-state index contributed by atoms with van der Waals surface area (Å²) in [6, 6.07) is 11.5. The van der Waals surface area contributed by atoms with Gasteiger partial charge in [0, 0.05) is 29.2 Å². The van der Waals surface area contributed by atoms with Crippen LogP contribution in [-0.4, -0.2) is 29.3 Å². The second kappa shape index (κ2) is 7.80. The van der Waals surface area contributed by atoms with Gasteiger partial charge < -0.3 is 10.6 Å². The van der Waals surface area contributed by atoms with Crippen molar-refractivity contribution in [3.8, 4) is 0 Å². The summed E-state index contributed by atoms with van der Waals surface area (Å²) < 4.78 is 0. The highest BCUT2D eigenvalue weighted by atomic mass is 32.1. The van der Waals surface area contributed by atoms with Gasteiger partial charge in [-0.25, -0.2) is 0 Å². The van der Waals surface area contributed by atoms with E-state index in [-0.39, 0.29) is 17.9 Å². The molecule has 2 N–H and O–H groups in total. The van der Waals surface area contributed by atoms with Gasteiger partial charge in [0.25, 0.3) is 0 Å². The Morgan fingerprint density at radius 2 is 1.84 bits per heavy atom. The van der Waals surface area contributed by atoms with Gasteiger partial charge in [-0.1, -0.05) is 6.07 Å². The molecule has 1 aromatic heterocycles. The Balaban J connectivity index is 1.63. The van der Waals surface area contributed by atoms with Gasteiger partial charge in [-0.3, -0.25) is 14.5 Å². The van der Waals surface area contributed by atoms with E-state index in [0.29, 0.717) is 6.04 Å². The Morgan fingerprint density at radius 3 is 2.44 bits per heavy atom. The van der Waals surface area contributed by atoms with Gasteiger partial charge in [-0.05, 0) is 62.0 Å². The molecule has 2 aromatic rings. The first-order valence-corrected chi connectivity index (χ1v) is 9.40. The van der Waals surface area contributed by atoms with Crippen LogP contribution in [0.15, 0.2) is 41.8 Å². The minimum absolute atomic E-state index is 0.00395. The summed E-state index contributed by atoms with van der Waals surface area (Å²) >= 11 is 1.76. The SMILES string of the molecule is CC(=O)Nc1ccc(NC(=O)[C@H](C)N2CCC[C@@H]2c2cccs2)cc1.